The van der Waals surface area contributed by atoms with Crippen molar-refractivity contribution in [3.05, 3.63) is 23.9 Å². The Bertz CT molecular complexity index is 431. The van der Waals surface area contributed by atoms with Crippen LogP contribution in [0.1, 0.15) is 24.6 Å². The van der Waals surface area contributed by atoms with Gasteiger partial charge in [-0.15, -0.1) is 0 Å². The van der Waals surface area contributed by atoms with Crippen LogP contribution in [0.5, 0.6) is 0 Å². The van der Waals surface area contributed by atoms with Crippen LogP contribution < -0.4 is 5.73 Å². The van der Waals surface area contributed by atoms with Gasteiger partial charge in [0.15, 0.2) is 5.82 Å². The maximum Gasteiger partial charge on any atom is 0.261 e. The lowest BCUT2D eigenvalue weighted by molar-refractivity contribution is 0.417. The Kier molecular flexibility index (Phi) is 2.09. The summed E-state index contributed by atoms with van der Waals surface area (Å²) in [5.74, 6) is 1.74. The van der Waals surface area contributed by atoms with Crippen LogP contribution in [-0.2, 0) is 0 Å². The van der Waals surface area contributed by atoms with E-state index in [1.54, 1.807) is 13.2 Å². The van der Waals surface area contributed by atoms with E-state index in [2.05, 4.69) is 10.1 Å². The fourth-order valence-corrected chi connectivity index (χ4v) is 1.09. The van der Waals surface area contributed by atoms with E-state index in [0.717, 1.165) is 11.3 Å². The Balaban J connectivity index is 2.33. The van der Waals surface area contributed by atoms with Gasteiger partial charge < -0.3 is 14.7 Å². The molecule has 0 aliphatic heterocycles. The van der Waals surface area contributed by atoms with Gasteiger partial charge in [-0.2, -0.15) is 4.98 Å². The van der Waals surface area contributed by atoms with Gasteiger partial charge >= 0.3 is 0 Å². The molecule has 0 saturated carbocycles. The van der Waals surface area contributed by atoms with E-state index in [1.807, 2.05) is 13.0 Å². The zero-order valence-corrected chi connectivity index (χ0v) is 8.02. The second kappa shape index (κ2) is 3.26. The third kappa shape index (κ3) is 1.54. The summed E-state index contributed by atoms with van der Waals surface area (Å²) in [5, 5.41) is 3.75. The van der Waals surface area contributed by atoms with Crippen molar-refractivity contribution in [2.24, 2.45) is 5.73 Å². The average molecular weight is 193 g/mol. The Labute approximate surface area is 80.9 Å². The minimum atomic E-state index is -0.222. The average Bonchev–Trinajstić information content (AvgIpc) is 2.70. The Morgan fingerprint density at radius 1 is 1.50 bits per heavy atom. The largest absolute Gasteiger partial charge is 0.469 e. The smallest absolute Gasteiger partial charge is 0.261 e. The van der Waals surface area contributed by atoms with Crippen LogP contribution >= 0.6 is 0 Å². The molecule has 0 aliphatic carbocycles. The van der Waals surface area contributed by atoms with E-state index < -0.39 is 0 Å². The van der Waals surface area contributed by atoms with Gasteiger partial charge in [-0.1, -0.05) is 5.16 Å². The molecule has 0 aromatic carbocycles. The molecule has 1 unspecified atom stereocenters. The van der Waals surface area contributed by atoms with Crippen LogP contribution in [0.2, 0.25) is 0 Å². The van der Waals surface area contributed by atoms with Gasteiger partial charge in [-0.25, -0.2) is 0 Å². The number of hydrogen-bond donors (Lipinski definition) is 1. The van der Waals surface area contributed by atoms with E-state index in [1.165, 1.54) is 0 Å². The molecular weight excluding hydrogens is 182 g/mol. The predicted octanol–water partition coefficient (Wildman–Crippen LogP) is 1.66. The number of aromatic nitrogens is 2. The SMILES string of the molecule is Cc1cc(-c2nc(C(C)N)no2)co1. The maximum absolute atomic E-state index is 5.60. The molecule has 0 spiro atoms. The summed E-state index contributed by atoms with van der Waals surface area (Å²) in [6.07, 6.45) is 1.58. The molecule has 74 valence electrons. The summed E-state index contributed by atoms with van der Waals surface area (Å²) in [4.78, 5) is 4.13. The first-order valence-electron chi connectivity index (χ1n) is 4.31. The van der Waals surface area contributed by atoms with Crippen LogP contribution in [0.15, 0.2) is 21.3 Å². The van der Waals surface area contributed by atoms with Crippen LogP contribution in [0.4, 0.5) is 0 Å². The summed E-state index contributed by atoms with van der Waals surface area (Å²) >= 11 is 0. The van der Waals surface area contributed by atoms with E-state index in [9.17, 15) is 0 Å². The predicted molar refractivity (Wildman–Crippen MR) is 49.3 cm³/mol. The number of furan rings is 1. The normalized spacial score (nSPS) is 13.1. The Morgan fingerprint density at radius 3 is 2.79 bits per heavy atom. The highest BCUT2D eigenvalue weighted by atomic mass is 16.5. The number of hydrogen-bond acceptors (Lipinski definition) is 5. The summed E-state index contributed by atoms with van der Waals surface area (Å²) in [7, 11) is 0. The molecule has 5 nitrogen and oxygen atoms in total. The second-order valence-electron chi connectivity index (χ2n) is 3.19. The first-order valence-corrected chi connectivity index (χ1v) is 4.31. The lowest BCUT2D eigenvalue weighted by atomic mass is 10.3. The molecule has 0 aliphatic rings. The van der Waals surface area contributed by atoms with Gasteiger partial charge in [0.25, 0.3) is 5.89 Å². The summed E-state index contributed by atoms with van der Waals surface area (Å²) in [6.45, 7) is 3.65. The molecule has 0 radical (unpaired) electrons. The molecule has 2 rings (SSSR count). The molecule has 2 aromatic heterocycles. The maximum atomic E-state index is 5.60. The van der Waals surface area contributed by atoms with Crippen molar-refractivity contribution in [3.8, 4) is 11.5 Å². The quantitative estimate of drug-likeness (QED) is 0.784. The fraction of sp³-hybridized carbons (Fsp3) is 0.333. The van der Waals surface area contributed by atoms with Crippen molar-refractivity contribution >= 4 is 0 Å². The van der Waals surface area contributed by atoms with Gasteiger partial charge in [0.1, 0.15) is 12.0 Å². The Hall–Kier alpha value is -1.62. The topological polar surface area (TPSA) is 78.1 Å². The number of nitrogens with zero attached hydrogens (tertiary/aromatic N) is 2. The Morgan fingerprint density at radius 2 is 2.29 bits per heavy atom. The van der Waals surface area contributed by atoms with Crippen LogP contribution in [0, 0.1) is 6.92 Å². The van der Waals surface area contributed by atoms with E-state index >= 15 is 0 Å². The van der Waals surface area contributed by atoms with Crippen molar-refractivity contribution in [1.82, 2.24) is 10.1 Å². The van der Waals surface area contributed by atoms with Crippen molar-refractivity contribution in [1.29, 1.82) is 0 Å². The molecule has 2 aromatic rings. The number of aryl methyl sites for hydroxylation is 1. The van der Waals surface area contributed by atoms with Crippen molar-refractivity contribution in [2.75, 3.05) is 0 Å². The molecule has 14 heavy (non-hydrogen) atoms. The summed E-state index contributed by atoms with van der Waals surface area (Å²) in [6, 6.07) is 1.61. The fourth-order valence-electron chi connectivity index (χ4n) is 1.09. The summed E-state index contributed by atoms with van der Waals surface area (Å²) < 4.78 is 10.2. The zero-order chi connectivity index (χ0) is 10.1. The molecule has 0 fully saturated rings. The van der Waals surface area contributed by atoms with Crippen molar-refractivity contribution in [3.63, 3.8) is 0 Å². The third-order valence-electron chi connectivity index (χ3n) is 1.83. The van der Waals surface area contributed by atoms with Crippen LogP contribution in [-0.4, -0.2) is 10.1 Å². The van der Waals surface area contributed by atoms with Gasteiger partial charge in [0.05, 0.1) is 11.6 Å². The van der Waals surface area contributed by atoms with E-state index in [0.29, 0.717) is 11.7 Å². The van der Waals surface area contributed by atoms with E-state index in [4.69, 9.17) is 14.7 Å². The van der Waals surface area contributed by atoms with Crippen molar-refractivity contribution < 1.29 is 8.94 Å². The molecule has 2 N–H and O–H groups in total. The third-order valence-corrected chi connectivity index (χ3v) is 1.83. The minimum absolute atomic E-state index is 0.222. The van der Waals surface area contributed by atoms with Crippen molar-refractivity contribution in [2.45, 2.75) is 19.9 Å². The monoisotopic (exact) mass is 193 g/mol. The molecule has 0 amide bonds. The van der Waals surface area contributed by atoms with Gasteiger partial charge in [-0.3, -0.25) is 0 Å². The highest BCUT2D eigenvalue weighted by Crippen LogP contribution is 2.20. The minimum Gasteiger partial charge on any atom is -0.469 e. The molecular formula is C9H11N3O2. The van der Waals surface area contributed by atoms with Crippen LogP contribution in [0.3, 0.4) is 0 Å². The molecule has 5 heteroatoms. The van der Waals surface area contributed by atoms with E-state index in [-0.39, 0.29) is 6.04 Å². The standard InChI is InChI=1S/C9H11N3O2/c1-5-3-7(4-13-5)9-11-8(6(2)10)12-14-9/h3-4,6H,10H2,1-2H3. The summed E-state index contributed by atoms with van der Waals surface area (Å²) in [5.41, 5.74) is 6.38. The molecule has 0 bridgehead atoms. The lowest BCUT2D eigenvalue weighted by Gasteiger charge is -1.92. The second-order valence-corrected chi connectivity index (χ2v) is 3.19. The first-order chi connectivity index (χ1) is 6.66. The first kappa shape index (κ1) is 8.96. The van der Waals surface area contributed by atoms with Gasteiger partial charge in [0.2, 0.25) is 0 Å². The molecule has 0 saturated heterocycles. The van der Waals surface area contributed by atoms with Gasteiger partial charge in [-0.05, 0) is 19.9 Å². The van der Waals surface area contributed by atoms with Gasteiger partial charge in [0, 0.05) is 0 Å². The molecule has 2 heterocycles. The highest BCUT2D eigenvalue weighted by Gasteiger charge is 2.12. The highest BCUT2D eigenvalue weighted by molar-refractivity contribution is 5.51. The number of nitrogens with two attached hydrogens (primary N) is 1. The molecule has 1 atom stereocenters. The lowest BCUT2D eigenvalue weighted by Crippen LogP contribution is -2.06. The number of rotatable bonds is 2. The zero-order valence-electron chi connectivity index (χ0n) is 8.02. The van der Waals surface area contributed by atoms with Crippen LogP contribution in [0.25, 0.3) is 11.5 Å².